The molecule has 0 aliphatic carbocycles. The van der Waals surface area contributed by atoms with Gasteiger partial charge in [0.05, 0.1) is 5.75 Å². The number of sulfone groups is 1. The fraction of sp³-hybridized carbons (Fsp3) is 0.333. The highest BCUT2D eigenvalue weighted by Gasteiger charge is 2.30. The molecule has 0 saturated carbocycles. The third-order valence-electron chi connectivity index (χ3n) is 2.41. The number of benzene rings is 1. The Bertz CT molecular complexity index is 470. The van der Waals surface area contributed by atoms with Gasteiger partial charge in [-0.2, -0.15) is 0 Å². The number of halogens is 1. The van der Waals surface area contributed by atoms with Crippen molar-refractivity contribution < 1.29 is 12.8 Å². The molecule has 1 aromatic rings. The van der Waals surface area contributed by atoms with Crippen molar-refractivity contribution in [2.75, 3.05) is 5.75 Å². The molecule has 1 unspecified atom stereocenters. The molecule has 0 saturated heterocycles. The van der Waals surface area contributed by atoms with Gasteiger partial charge < -0.3 is 5.73 Å². The van der Waals surface area contributed by atoms with Crippen molar-refractivity contribution >= 4 is 9.84 Å². The number of hydrogen-bond acceptors (Lipinski definition) is 3. The second-order valence-electron chi connectivity index (χ2n) is 3.37. The lowest BCUT2D eigenvalue weighted by Crippen LogP contribution is -2.25. The Balaban J connectivity index is 2.77. The first-order valence-corrected chi connectivity index (χ1v) is 5.94. The first kappa shape index (κ1) is 9.61. The summed E-state index contributed by atoms with van der Waals surface area (Å²) in [4.78, 5) is -0.209. The topological polar surface area (TPSA) is 60.2 Å². The molecule has 1 aliphatic heterocycles. The van der Waals surface area contributed by atoms with Crippen LogP contribution >= 0.6 is 0 Å². The van der Waals surface area contributed by atoms with Crippen LogP contribution in [0.5, 0.6) is 0 Å². The Kier molecular flexibility index (Phi) is 2.08. The summed E-state index contributed by atoms with van der Waals surface area (Å²) in [6.07, 6.45) is 0.360. The van der Waals surface area contributed by atoms with E-state index >= 15 is 0 Å². The summed E-state index contributed by atoms with van der Waals surface area (Å²) in [6, 6.07) is 3.83. The molecular weight excluding hydrogens is 205 g/mol. The third kappa shape index (κ3) is 1.33. The van der Waals surface area contributed by atoms with Gasteiger partial charge >= 0.3 is 0 Å². The van der Waals surface area contributed by atoms with Crippen LogP contribution in [-0.2, 0) is 9.84 Å². The SMILES string of the molecule is NC1CCS(=O)(=O)c2c(F)cccc21. The highest BCUT2D eigenvalue weighted by atomic mass is 32.2. The number of hydrogen-bond donors (Lipinski definition) is 1. The average Bonchev–Trinajstić information content (AvgIpc) is 2.12. The molecule has 2 rings (SSSR count). The van der Waals surface area contributed by atoms with Crippen molar-refractivity contribution in [3.8, 4) is 0 Å². The molecule has 0 amide bonds. The van der Waals surface area contributed by atoms with Crippen LogP contribution in [-0.4, -0.2) is 14.2 Å². The molecule has 1 aliphatic rings. The van der Waals surface area contributed by atoms with E-state index in [1.807, 2.05) is 0 Å². The summed E-state index contributed by atoms with van der Waals surface area (Å²) in [5.41, 5.74) is 6.10. The van der Waals surface area contributed by atoms with E-state index in [-0.39, 0.29) is 16.7 Å². The van der Waals surface area contributed by atoms with Gasteiger partial charge in [-0.3, -0.25) is 0 Å². The Hall–Kier alpha value is -0.940. The van der Waals surface area contributed by atoms with Gasteiger partial charge in [0.1, 0.15) is 10.7 Å². The maximum absolute atomic E-state index is 13.3. The average molecular weight is 215 g/mol. The summed E-state index contributed by atoms with van der Waals surface area (Å²) in [5.74, 6) is -0.764. The first-order valence-electron chi connectivity index (χ1n) is 4.29. The Morgan fingerprint density at radius 3 is 2.79 bits per heavy atom. The molecule has 5 heteroatoms. The van der Waals surface area contributed by atoms with Crippen LogP contribution in [0.15, 0.2) is 23.1 Å². The molecule has 14 heavy (non-hydrogen) atoms. The van der Waals surface area contributed by atoms with Gasteiger partial charge in [0.15, 0.2) is 9.84 Å². The van der Waals surface area contributed by atoms with Crippen molar-refractivity contribution in [2.24, 2.45) is 5.73 Å². The minimum Gasteiger partial charge on any atom is -0.324 e. The molecular formula is C9H10FNO2S. The van der Waals surface area contributed by atoms with Gasteiger partial charge in [-0.1, -0.05) is 12.1 Å². The minimum absolute atomic E-state index is 0.0674. The lowest BCUT2D eigenvalue weighted by molar-refractivity contribution is 0.534. The molecule has 0 aromatic heterocycles. The van der Waals surface area contributed by atoms with E-state index in [9.17, 15) is 12.8 Å². The minimum atomic E-state index is -3.46. The van der Waals surface area contributed by atoms with Crippen molar-refractivity contribution in [2.45, 2.75) is 17.4 Å². The van der Waals surface area contributed by atoms with Crippen molar-refractivity contribution in [3.63, 3.8) is 0 Å². The fourth-order valence-corrected chi connectivity index (χ4v) is 3.40. The first-order chi connectivity index (χ1) is 6.52. The van der Waals surface area contributed by atoms with Crippen LogP contribution in [0.1, 0.15) is 18.0 Å². The Labute approximate surface area is 81.7 Å². The third-order valence-corrected chi connectivity index (χ3v) is 4.23. The van der Waals surface area contributed by atoms with Crippen molar-refractivity contribution in [1.82, 2.24) is 0 Å². The maximum Gasteiger partial charge on any atom is 0.181 e. The quantitative estimate of drug-likeness (QED) is 0.702. The Morgan fingerprint density at radius 1 is 1.43 bits per heavy atom. The zero-order chi connectivity index (χ0) is 10.3. The van der Waals surface area contributed by atoms with Gasteiger partial charge in [-0.15, -0.1) is 0 Å². The predicted molar refractivity (Wildman–Crippen MR) is 50.0 cm³/mol. The zero-order valence-electron chi connectivity index (χ0n) is 7.40. The summed E-state index contributed by atoms with van der Waals surface area (Å²) < 4.78 is 36.4. The highest BCUT2D eigenvalue weighted by Crippen LogP contribution is 2.32. The number of rotatable bonds is 0. The summed E-state index contributed by atoms with van der Waals surface area (Å²) in [6.45, 7) is 0. The molecule has 2 N–H and O–H groups in total. The van der Waals surface area contributed by atoms with Crippen LogP contribution in [0.25, 0.3) is 0 Å². The summed E-state index contributed by atoms with van der Waals surface area (Å²) >= 11 is 0. The summed E-state index contributed by atoms with van der Waals surface area (Å²) in [5, 5.41) is 0. The van der Waals surface area contributed by atoms with Crippen LogP contribution < -0.4 is 5.73 Å². The van der Waals surface area contributed by atoms with Crippen LogP contribution in [0.2, 0.25) is 0 Å². The van der Waals surface area contributed by atoms with Gasteiger partial charge in [-0.25, -0.2) is 12.8 Å². The molecule has 0 spiro atoms. The van der Waals surface area contributed by atoms with Gasteiger partial charge in [0.25, 0.3) is 0 Å². The van der Waals surface area contributed by atoms with Crippen LogP contribution in [0.4, 0.5) is 4.39 Å². The number of fused-ring (bicyclic) bond motifs is 1. The lowest BCUT2D eigenvalue weighted by atomic mass is 10.1. The largest absolute Gasteiger partial charge is 0.324 e. The predicted octanol–water partition coefficient (Wildman–Crippen LogP) is 1.00. The monoisotopic (exact) mass is 215 g/mol. The molecule has 1 aromatic carbocycles. The van der Waals surface area contributed by atoms with Crippen LogP contribution in [0.3, 0.4) is 0 Å². The standard InChI is InChI=1S/C9H10FNO2S/c10-7-3-1-2-6-8(11)4-5-14(12,13)9(6)7/h1-3,8H,4-5,11H2. The van der Waals surface area contributed by atoms with E-state index < -0.39 is 15.7 Å². The van der Waals surface area contributed by atoms with Gasteiger partial charge in [0, 0.05) is 6.04 Å². The normalized spacial score (nSPS) is 24.3. The second-order valence-corrected chi connectivity index (χ2v) is 5.42. The molecule has 0 bridgehead atoms. The molecule has 1 atom stereocenters. The zero-order valence-corrected chi connectivity index (χ0v) is 8.22. The van der Waals surface area contributed by atoms with Gasteiger partial charge in [0.2, 0.25) is 0 Å². The van der Waals surface area contributed by atoms with E-state index in [2.05, 4.69) is 0 Å². The van der Waals surface area contributed by atoms with Crippen molar-refractivity contribution in [1.29, 1.82) is 0 Å². The van der Waals surface area contributed by atoms with Crippen molar-refractivity contribution in [3.05, 3.63) is 29.6 Å². The smallest absolute Gasteiger partial charge is 0.181 e. The van der Waals surface area contributed by atoms with E-state index in [0.29, 0.717) is 12.0 Å². The summed E-state index contributed by atoms with van der Waals surface area (Å²) in [7, 11) is -3.46. The molecule has 76 valence electrons. The fourth-order valence-electron chi connectivity index (χ4n) is 1.69. The van der Waals surface area contributed by atoms with Gasteiger partial charge in [-0.05, 0) is 18.1 Å². The highest BCUT2D eigenvalue weighted by molar-refractivity contribution is 7.91. The van der Waals surface area contributed by atoms with E-state index in [0.717, 1.165) is 6.07 Å². The molecule has 1 heterocycles. The molecule has 0 fully saturated rings. The number of nitrogens with two attached hydrogens (primary N) is 1. The van der Waals surface area contributed by atoms with E-state index in [1.54, 1.807) is 6.07 Å². The molecule has 3 nitrogen and oxygen atoms in total. The Morgan fingerprint density at radius 2 is 2.14 bits per heavy atom. The van der Waals surface area contributed by atoms with E-state index in [4.69, 9.17) is 5.73 Å². The molecule has 0 radical (unpaired) electrons. The van der Waals surface area contributed by atoms with Crippen LogP contribution in [0, 0.1) is 5.82 Å². The lowest BCUT2D eigenvalue weighted by Gasteiger charge is -2.22. The van der Waals surface area contributed by atoms with E-state index in [1.165, 1.54) is 6.07 Å². The maximum atomic E-state index is 13.3. The second kappa shape index (κ2) is 3.03.